The average molecular weight is 223 g/mol. The van der Waals surface area contributed by atoms with Crippen LogP contribution >= 0.6 is 0 Å². The van der Waals surface area contributed by atoms with Gasteiger partial charge in [-0.25, -0.2) is 0 Å². The largest absolute Gasteiger partial charge is 0.338 e. The first kappa shape index (κ1) is 11.6. The quantitative estimate of drug-likeness (QED) is 0.790. The molecule has 2 rings (SSSR count). The fraction of sp³-hybridized carbons (Fsp3) is 0.833. The number of likely N-dealkylation sites (tertiary alicyclic amines) is 1. The molecule has 16 heavy (non-hydrogen) atoms. The van der Waals surface area contributed by atoms with Crippen LogP contribution in [-0.2, 0) is 0 Å². The molecule has 0 spiro atoms. The summed E-state index contributed by atoms with van der Waals surface area (Å²) in [6.45, 7) is 9.75. The van der Waals surface area contributed by atoms with Crippen LogP contribution in [0.2, 0.25) is 0 Å². The molecule has 1 fully saturated rings. The van der Waals surface area contributed by atoms with Gasteiger partial charge in [-0.05, 0) is 33.2 Å². The highest BCUT2D eigenvalue weighted by molar-refractivity contribution is 4.99. The highest BCUT2D eigenvalue weighted by Crippen LogP contribution is 2.32. The van der Waals surface area contributed by atoms with E-state index in [2.05, 4.69) is 42.7 Å². The van der Waals surface area contributed by atoms with Crippen LogP contribution in [0.4, 0.5) is 0 Å². The van der Waals surface area contributed by atoms with E-state index in [0.29, 0.717) is 18.0 Å². The minimum atomic E-state index is 0.333. The molecule has 1 unspecified atom stereocenters. The van der Waals surface area contributed by atoms with E-state index in [1.807, 2.05) is 0 Å². The molecule has 0 saturated carbocycles. The topological polar surface area (TPSA) is 42.2 Å². The molecule has 0 bridgehead atoms. The van der Waals surface area contributed by atoms with E-state index in [9.17, 15) is 0 Å². The van der Waals surface area contributed by atoms with Gasteiger partial charge >= 0.3 is 0 Å². The summed E-state index contributed by atoms with van der Waals surface area (Å²) >= 11 is 0. The van der Waals surface area contributed by atoms with Crippen molar-refractivity contribution >= 4 is 0 Å². The summed E-state index contributed by atoms with van der Waals surface area (Å²) in [5.74, 6) is 1.96. The first-order valence-corrected chi connectivity index (χ1v) is 6.19. The summed E-state index contributed by atoms with van der Waals surface area (Å²) in [4.78, 5) is 6.95. The van der Waals surface area contributed by atoms with Gasteiger partial charge in [0, 0.05) is 12.0 Å². The van der Waals surface area contributed by atoms with Crippen LogP contribution in [0.5, 0.6) is 0 Å². The van der Waals surface area contributed by atoms with Crippen LogP contribution in [0.25, 0.3) is 0 Å². The third-order valence-electron chi connectivity index (χ3n) is 3.22. The Balaban J connectivity index is 2.16. The van der Waals surface area contributed by atoms with Crippen molar-refractivity contribution in [2.24, 2.45) is 0 Å². The van der Waals surface area contributed by atoms with Crippen molar-refractivity contribution in [1.29, 1.82) is 0 Å². The molecular formula is C12H21N3O. The van der Waals surface area contributed by atoms with Crippen molar-refractivity contribution in [2.45, 2.75) is 58.5 Å². The average Bonchev–Trinajstić information content (AvgIpc) is 2.86. The van der Waals surface area contributed by atoms with Gasteiger partial charge in [-0.15, -0.1) is 0 Å². The lowest BCUT2D eigenvalue weighted by molar-refractivity contribution is 0.170. The van der Waals surface area contributed by atoms with Crippen molar-refractivity contribution < 1.29 is 4.52 Å². The minimum absolute atomic E-state index is 0.333. The van der Waals surface area contributed by atoms with E-state index in [4.69, 9.17) is 4.52 Å². The number of aromatic nitrogens is 2. The molecule has 0 N–H and O–H groups in total. The van der Waals surface area contributed by atoms with Crippen LogP contribution < -0.4 is 0 Å². The van der Waals surface area contributed by atoms with Crippen LogP contribution in [0, 0.1) is 0 Å². The molecule has 1 saturated heterocycles. The summed E-state index contributed by atoms with van der Waals surface area (Å²) < 4.78 is 5.39. The lowest BCUT2D eigenvalue weighted by Gasteiger charge is -2.25. The molecule has 2 heterocycles. The minimum Gasteiger partial charge on any atom is -0.338 e. The number of hydrogen-bond acceptors (Lipinski definition) is 4. The van der Waals surface area contributed by atoms with Gasteiger partial charge in [-0.1, -0.05) is 19.0 Å². The highest BCUT2D eigenvalue weighted by atomic mass is 16.5. The Hall–Kier alpha value is -0.900. The van der Waals surface area contributed by atoms with Gasteiger partial charge in [0.05, 0.1) is 6.04 Å². The van der Waals surface area contributed by atoms with E-state index in [1.54, 1.807) is 0 Å². The van der Waals surface area contributed by atoms with Gasteiger partial charge in [-0.3, -0.25) is 4.90 Å². The molecule has 1 atom stereocenters. The molecule has 1 aromatic heterocycles. The maximum Gasteiger partial charge on any atom is 0.244 e. The van der Waals surface area contributed by atoms with Crippen molar-refractivity contribution in [2.75, 3.05) is 6.54 Å². The Labute approximate surface area is 97.0 Å². The molecule has 1 aliphatic rings. The van der Waals surface area contributed by atoms with Gasteiger partial charge in [0.1, 0.15) is 0 Å². The zero-order chi connectivity index (χ0) is 11.7. The van der Waals surface area contributed by atoms with Crippen LogP contribution in [-0.4, -0.2) is 27.6 Å². The second-order valence-electron chi connectivity index (χ2n) is 5.14. The van der Waals surface area contributed by atoms with E-state index < -0.39 is 0 Å². The second-order valence-corrected chi connectivity index (χ2v) is 5.14. The lowest BCUT2D eigenvalue weighted by atomic mass is 10.2. The molecule has 0 aromatic carbocycles. The van der Waals surface area contributed by atoms with Gasteiger partial charge in [0.25, 0.3) is 0 Å². The first-order chi connectivity index (χ1) is 7.59. The molecule has 1 aromatic rings. The summed E-state index contributed by atoms with van der Waals surface area (Å²) in [6.07, 6.45) is 2.36. The summed E-state index contributed by atoms with van der Waals surface area (Å²) in [6, 6.07) is 0.877. The third-order valence-corrected chi connectivity index (χ3v) is 3.22. The molecule has 0 radical (unpaired) electrons. The van der Waals surface area contributed by atoms with Crippen molar-refractivity contribution in [1.82, 2.24) is 15.0 Å². The fourth-order valence-electron chi connectivity index (χ4n) is 2.29. The Bertz CT molecular complexity index is 346. The fourth-order valence-corrected chi connectivity index (χ4v) is 2.29. The second kappa shape index (κ2) is 4.53. The van der Waals surface area contributed by atoms with Gasteiger partial charge in [0.15, 0.2) is 5.82 Å². The summed E-state index contributed by atoms with van der Waals surface area (Å²) in [5, 5.41) is 4.04. The maximum atomic E-state index is 5.39. The maximum absolute atomic E-state index is 5.39. The number of hydrogen-bond donors (Lipinski definition) is 0. The van der Waals surface area contributed by atoms with Crippen molar-refractivity contribution in [3.63, 3.8) is 0 Å². The smallest absolute Gasteiger partial charge is 0.244 e. The Morgan fingerprint density at radius 1 is 1.31 bits per heavy atom. The van der Waals surface area contributed by atoms with E-state index in [0.717, 1.165) is 24.7 Å². The zero-order valence-corrected chi connectivity index (χ0v) is 10.6. The predicted octanol–water partition coefficient (Wildman–Crippen LogP) is 2.74. The number of rotatable bonds is 3. The van der Waals surface area contributed by atoms with Crippen LogP contribution in [0.1, 0.15) is 64.2 Å². The van der Waals surface area contributed by atoms with E-state index >= 15 is 0 Å². The summed E-state index contributed by atoms with van der Waals surface area (Å²) in [7, 11) is 0. The Morgan fingerprint density at radius 2 is 2.06 bits per heavy atom. The Morgan fingerprint density at radius 3 is 2.62 bits per heavy atom. The summed E-state index contributed by atoms with van der Waals surface area (Å²) in [5.41, 5.74) is 0. The van der Waals surface area contributed by atoms with Gasteiger partial charge in [0.2, 0.25) is 5.89 Å². The predicted molar refractivity (Wildman–Crippen MR) is 62.2 cm³/mol. The van der Waals surface area contributed by atoms with E-state index in [1.165, 1.54) is 6.42 Å². The Kier molecular flexibility index (Phi) is 3.28. The molecule has 4 heteroatoms. The molecular weight excluding hydrogens is 202 g/mol. The normalized spacial score (nSPS) is 22.5. The monoisotopic (exact) mass is 223 g/mol. The zero-order valence-electron chi connectivity index (χ0n) is 10.6. The van der Waals surface area contributed by atoms with Gasteiger partial charge in [-0.2, -0.15) is 4.98 Å². The molecule has 90 valence electrons. The first-order valence-electron chi connectivity index (χ1n) is 6.19. The lowest BCUT2D eigenvalue weighted by Crippen LogP contribution is -2.30. The molecule has 1 aliphatic heterocycles. The SMILES string of the molecule is CC(C)c1noc(C2CCCN2C(C)C)n1. The van der Waals surface area contributed by atoms with E-state index in [-0.39, 0.29) is 0 Å². The number of nitrogens with zero attached hydrogens (tertiary/aromatic N) is 3. The van der Waals surface area contributed by atoms with Gasteiger partial charge < -0.3 is 4.52 Å². The van der Waals surface area contributed by atoms with Crippen LogP contribution in [0.3, 0.4) is 0 Å². The molecule has 0 aliphatic carbocycles. The van der Waals surface area contributed by atoms with Crippen molar-refractivity contribution in [3.8, 4) is 0 Å². The molecule has 0 amide bonds. The standard InChI is InChI=1S/C12H21N3O/c1-8(2)11-13-12(16-14-11)10-6-5-7-15(10)9(3)4/h8-10H,5-7H2,1-4H3. The van der Waals surface area contributed by atoms with Crippen LogP contribution in [0.15, 0.2) is 4.52 Å². The van der Waals surface area contributed by atoms with Crippen molar-refractivity contribution in [3.05, 3.63) is 11.7 Å². The third kappa shape index (κ3) is 2.12. The molecule has 4 nitrogen and oxygen atoms in total. The highest BCUT2D eigenvalue weighted by Gasteiger charge is 2.32.